The maximum absolute atomic E-state index is 14.3. The molecule has 0 saturated carbocycles. The molecule has 2 aromatic carbocycles. The van der Waals surface area contributed by atoms with Gasteiger partial charge in [0.1, 0.15) is 23.8 Å². The van der Waals surface area contributed by atoms with Gasteiger partial charge in [0, 0.05) is 15.6 Å². The molecule has 23 heavy (non-hydrogen) atoms. The molecule has 0 saturated heterocycles. The number of nitrogens with zero attached hydrogens (tertiary/aromatic N) is 1. The average Bonchev–Trinajstić information content (AvgIpc) is 2.46. The highest BCUT2D eigenvalue weighted by Gasteiger charge is 2.30. The standard InChI is InChI=1S/C17H15Cl2FN2O/c1-17(9-23-8-16(21)22-17)11-2-3-15(20)14(6-11)10-4-12(18)7-13(19)5-10/h2-7H,8-9H2,1H3,(H2,21,22). The van der Waals surface area contributed by atoms with Gasteiger partial charge < -0.3 is 10.5 Å². The van der Waals surface area contributed by atoms with E-state index in [0.29, 0.717) is 40.2 Å². The second-order valence-electron chi connectivity index (χ2n) is 5.72. The van der Waals surface area contributed by atoms with E-state index in [1.165, 1.54) is 6.07 Å². The molecule has 0 aromatic heterocycles. The first-order valence-corrected chi connectivity index (χ1v) is 7.81. The fraction of sp³-hybridized carbons (Fsp3) is 0.235. The number of hydrogen-bond acceptors (Lipinski definition) is 3. The summed E-state index contributed by atoms with van der Waals surface area (Å²) in [6.07, 6.45) is 0. The van der Waals surface area contributed by atoms with E-state index in [1.54, 1.807) is 30.3 Å². The lowest BCUT2D eigenvalue weighted by Gasteiger charge is -2.30. The molecule has 1 unspecified atom stereocenters. The molecular formula is C17H15Cl2FN2O. The lowest BCUT2D eigenvalue weighted by atomic mass is 9.90. The highest BCUT2D eigenvalue weighted by Crippen LogP contribution is 2.34. The molecule has 0 aliphatic carbocycles. The molecular weight excluding hydrogens is 338 g/mol. The molecule has 1 atom stereocenters. The van der Waals surface area contributed by atoms with Crippen molar-refractivity contribution in [2.45, 2.75) is 12.5 Å². The van der Waals surface area contributed by atoms with E-state index in [2.05, 4.69) is 4.99 Å². The lowest BCUT2D eigenvalue weighted by molar-refractivity contribution is 0.106. The SMILES string of the molecule is CC1(c2ccc(F)c(-c3cc(Cl)cc(Cl)c3)c2)COCC(N)=N1. The summed E-state index contributed by atoms with van der Waals surface area (Å²) < 4.78 is 19.8. The number of amidine groups is 1. The third kappa shape index (κ3) is 3.34. The molecule has 0 bridgehead atoms. The Bertz CT molecular complexity index is 774. The number of ether oxygens (including phenoxy) is 1. The predicted molar refractivity (Wildman–Crippen MR) is 91.6 cm³/mol. The normalized spacial score (nSPS) is 21.1. The van der Waals surface area contributed by atoms with E-state index in [9.17, 15) is 4.39 Å². The molecule has 0 spiro atoms. The van der Waals surface area contributed by atoms with Crippen molar-refractivity contribution in [1.29, 1.82) is 0 Å². The maximum Gasteiger partial charge on any atom is 0.131 e. The first-order chi connectivity index (χ1) is 10.9. The van der Waals surface area contributed by atoms with Crippen LogP contribution in [0.1, 0.15) is 12.5 Å². The van der Waals surface area contributed by atoms with E-state index >= 15 is 0 Å². The highest BCUT2D eigenvalue weighted by molar-refractivity contribution is 6.35. The third-order valence-corrected chi connectivity index (χ3v) is 4.22. The molecule has 6 heteroatoms. The van der Waals surface area contributed by atoms with Crippen LogP contribution in [0.15, 0.2) is 41.4 Å². The summed E-state index contributed by atoms with van der Waals surface area (Å²) in [5, 5.41) is 0.901. The Balaban J connectivity index is 2.11. The van der Waals surface area contributed by atoms with Crippen molar-refractivity contribution in [3.05, 3.63) is 57.8 Å². The van der Waals surface area contributed by atoms with Crippen LogP contribution in [0.3, 0.4) is 0 Å². The van der Waals surface area contributed by atoms with E-state index in [4.69, 9.17) is 33.7 Å². The Morgan fingerprint density at radius 2 is 1.87 bits per heavy atom. The first kappa shape index (κ1) is 16.2. The summed E-state index contributed by atoms with van der Waals surface area (Å²) in [6.45, 7) is 2.60. The van der Waals surface area contributed by atoms with Crippen molar-refractivity contribution < 1.29 is 9.13 Å². The molecule has 2 N–H and O–H groups in total. The zero-order valence-electron chi connectivity index (χ0n) is 12.4. The minimum atomic E-state index is -0.646. The van der Waals surface area contributed by atoms with Gasteiger partial charge in [-0.15, -0.1) is 0 Å². The third-order valence-electron chi connectivity index (χ3n) is 3.79. The number of halogens is 3. The van der Waals surface area contributed by atoms with Crippen LogP contribution in [0.5, 0.6) is 0 Å². The topological polar surface area (TPSA) is 47.6 Å². The Morgan fingerprint density at radius 1 is 1.17 bits per heavy atom. The van der Waals surface area contributed by atoms with Gasteiger partial charge >= 0.3 is 0 Å². The van der Waals surface area contributed by atoms with Gasteiger partial charge in [-0.05, 0) is 48.4 Å². The number of hydrogen-bond donors (Lipinski definition) is 1. The van der Waals surface area contributed by atoms with Crippen LogP contribution >= 0.6 is 23.2 Å². The maximum atomic E-state index is 14.3. The van der Waals surface area contributed by atoms with E-state index < -0.39 is 5.54 Å². The van der Waals surface area contributed by atoms with Gasteiger partial charge in [-0.1, -0.05) is 29.3 Å². The van der Waals surface area contributed by atoms with Crippen LogP contribution in [0.2, 0.25) is 10.0 Å². The number of nitrogens with two attached hydrogens (primary N) is 1. The predicted octanol–water partition coefficient (Wildman–Crippen LogP) is 4.40. The fourth-order valence-electron chi connectivity index (χ4n) is 2.67. The van der Waals surface area contributed by atoms with E-state index in [-0.39, 0.29) is 5.82 Å². The van der Waals surface area contributed by atoms with Crippen LogP contribution in [-0.2, 0) is 10.3 Å². The van der Waals surface area contributed by atoms with Crippen LogP contribution in [0.25, 0.3) is 11.1 Å². The fourth-order valence-corrected chi connectivity index (χ4v) is 3.20. The van der Waals surface area contributed by atoms with Gasteiger partial charge in [-0.3, -0.25) is 4.99 Å². The summed E-state index contributed by atoms with van der Waals surface area (Å²) in [4.78, 5) is 4.48. The number of aliphatic imine (C=N–C) groups is 1. The molecule has 0 amide bonds. The lowest BCUT2D eigenvalue weighted by Crippen LogP contribution is -2.37. The Morgan fingerprint density at radius 3 is 2.52 bits per heavy atom. The zero-order valence-corrected chi connectivity index (χ0v) is 14.0. The van der Waals surface area contributed by atoms with Crippen molar-refractivity contribution in [2.24, 2.45) is 10.7 Å². The van der Waals surface area contributed by atoms with E-state index in [1.807, 2.05) is 6.92 Å². The molecule has 1 aliphatic rings. The Labute approximate surface area is 143 Å². The monoisotopic (exact) mass is 352 g/mol. The van der Waals surface area contributed by atoms with Gasteiger partial charge in [0.25, 0.3) is 0 Å². The van der Waals surface area contributed by atoms with Crippen molar-refractivity contribution >= 4 is 29.0 Å². The van der Waals surface area contributed by atoms with Crippen LogP contribution in [0, 0.1) is 5.82 Å². The van der Waals surface area contributed by atoms with Crippen molar-refractivity contribution in [3.8, 4) is 11.1 Å². The average molecular weight is 353 g/mol. The van der Waals surface area contributed by atoms with Gasteiger partial charge in [-0.2, -0.15) is 0 Å². The molecule has 3 nitrogen and oxygen atoms in total. The van der Waals surface area contributed by atoms with Gasteiger partial charge in [0.15, 0.2) is 0 Å². The smallest absolute Gasteiger partial charge is 0.131 e. The molecule has 1 aliphatic heterocycles. The van der Waals surface area contributed by atoms with Crippen LogP contribution in [-0.4, -0.2) is 19.0 Å². The van der Waals surface area contributed by atoms with E-state index in [0.717, 1.165) is 5.56 Å². The zero-order chi connectivity index (χ0) is 16.6. The Hall–Kier alpha value is -1.62. The van der Waals surface area contributed by atoms with Crippen LogP contribution in [0.4, 0.5) is 4.39 Å². The molecule has 3 rings (SSSR count). The summed E-state index contributed by atoms with van der Waals surface area (Å²) in [7, 11) is 0. The summed E-state index contributed by atoms with van der Waals surface area (Å²) >= 11 is 12.0. The summed E-state index contributed by atoms with van der Waals surface area (Å²) in [5.41, 5.74) is 6.97. The van der Waals surface area contributed by atoms with Crippen molar-refractivity contribution in [3.63, 3.8) is 0 Å². The highest BCUT2D eigenvalue weighted by atomic mass is 35.5. The van der Waals surface area contributed by atoms with Gasteiger partial charge in [0.2, 0.25) is 0 Å². The summed E-state index contributed by atoms with van der Waals surface area (Å²) in [6, 6.07) is 9.79. The summed E-state index contributed by atoms with van der Waals surface area (Å²) in [5.74, 6) is 0.0692. The molecule has 2 aromatic rings. The molecule has 120 valence electrons. The molecule has 0 fully saturated rings. The number of rotatable bonds is 2. The van der Waals surface area contributed by atoms with Crippen molar-refractivity contribution in [1.82, 2.24) is 0 Å². The minimum absolute atomic E-state index is 0.313. The number of benzene rings is 2. The second-order valence-corrected chi connectivity index (χ2v) is 6.60. The molecule has 1 heterocycles. The van der Waals surface area contributed by atoms with Crippen molar-refractivity contribution in [2.75, 3.05) is 13.2 Å². The minimum Gasteiger partial charge on any atom is -0.386 e. The molecule has 0 radical (unpaired) electrons. The largest absolute Gasteiger partial charge is 0.386 e. The van der Waals surface area contributed by atoms with Crippen LogP contribution < -0.4 is 5.73 Å². The Kier molecular flexibility index (Phi) is 4.32. The first-order valence-electron chi connectivity index (χ1n) is 7.06. The second kappa shape index (κ2) is 6.11. The van der Waals surface area contributed by atoms with Gasteiger partial charge in [0.05, 0.1) is 6.61 Å². The quantitative estimate of drug-likeness (QED) is 0.870. The van der Waals surface area contributed by atoms with Gasteiger partial charge in [-0.25, -0.2) is 4.39 Å².